The number of carbonyl (C=O) groups excluding carboxylic acids is 2. The second-order valence-electron chi connectivity index (χ2n) is 6.84. The van der Waals surface area contributed by atoms with Crippen LogP contribution >= 0.6 is 0 Å². The lowest BCUT2D eigenvalue weighted by Gasteiger charge is -2.26. The van der Waals surface area contributed by atoms with Gasteiger partial charge in [-0.2, -0.15) is 0 Å². The molecule has 0 bridgehead atoms. The number of hydrogen-bond donors (Lipinski definition) is 0. The molecule has 6 heteroatoms. The van der Waals surface area contributed by atoms with E-state index in [0.717, 1.165) is 42.4 Å². The van der Waals surface area contributed by atoms with E-state index in [-0.39, 0.29) is 23.8 Å². The van der Waals surface area contributed by atoms with Crippen molar-refractivity contribution in [3.05, 3.63) is 65.2 Å². The Morgan fingerprint density at radius 1 is 1.19 bits per heavy atom. The van der Waals surface area contributed by atoms with Crippen molar-refractivity contribution in [2.45, 2.75) is 32.2 Å². The molecule has 0 radical (unpaired) electrons. The van der Waals surface area contributed by atoms with Crippen LogP contribution in [0.25, 0.3) is 0 Å². The van der Waals surface area contributed by atoms with Crippen molar-refractivity contribution in [1.82, 2.24) is 4.90 Å². The Balaban J connectivity index is 1.67. The highest BCUT2D eigenvalue weighted by molar-refractivity contribution is 5.95. The third-order valence-corrected chi connectivity index (χ3v) is 5.06. The van der Waals surface area contributed by atoms with Gasteiger partial charge in [-0.1, -0.05) is 12.1 Å². The topological polar surface area (TPSA) is 40.6 Å². The van der Waals surface area contributed by atoms with Crippen molar-refractivity contribution in [2.24, 2.45) is 0 Å². The number of rotatable bonds is 5. The molecule has 1 atom stereocenters. The SMILES string of the molecule is C[C@@H](c1cc(F)ccc1F)N(C)C(=O)Cc1ccc(N2CCCC2=O)cc1. The van der Waals surface area contributed by atoms with Crippen molar-refractivity contribution in [2.75, 3.05) is 18.5 Å². The van der Waals surface area contributed by atoms with Gasteiger partial charge in [-0.25, -0.2) is 8.78 Å². The van der Waals surface area contributed by atoms with E-state index in [1.165, 1.54) is 4.90 Å². The van der Waals surface area contributed by atoms with Crippen LogP contribution in [-0.2, 0) is 16.0 Å². The number of carbonyl (C=O) groups is 2. The Morgan fingerprint density at radius 2 is 1.89 bits per heavy atom. The average molecular weight is 372 g/mol. The Bertz CT molecular complexity index is 852. The van der Waals surface area contributed by atoms with E-state index in [9.17, 15) is 18.4 Å². The maximum Gasteiger partial charge on any atom is 0.227 e. The highest BCUT2D eigenvalue weighted by atomic mass is 19.1. The van der Waals surface area contributed by atoms with Crippen molar-refractivity contribution in [3.8, 4) is 0 Å². The van der Waals surface area contributed by atoms with Crippen molar-refractivity contribution in [1.29, 1.82) is 0 Å². The van der Waals surface area contributed by atoms with Gasteiger partial charge in [0.15, 0.2) is 0 Å². The van der Waals surface area contributed by atoms with Gasteiger partial charge in [-0.15, -0.1) is 0 Å². The molecular weight excluding hydrogens is 350 g/mol. The van der Waals surface area contributed by atoms with Crippen LogP contribution in [0.5, 0.6) is 0 Å². The predicted octanol–water partition coefficient (Wildman–Crippen LogP) is 3.85. The monoisotopic (exact) mass is 372 g/mol. The summed E-state index contributed by atoms with van der Waals surface area (Å²) in [4.78, 5) is 27.5. The molecule has 0 aliphatic carbocycles. The van der Waals surface area contributed by atoms with Gasteiger partial charge in [0.25, 0.3) is 0 Å². The van der Waals surface area contributed by atoms with Gasteiger partial charge in [-0.05, 0) is 49.2 Å². The fourth-order valence-electron chi connectivity index (χ4n) is 3.27. The van der Waals surface area contributed by atoms with Crippen LogP contribution in [0, 0.1) is 11.6 Å². The highest BCUT2D eigenvalue weighted by Gasteiger charge is 2.23. The molecule has 1 aliphatic rings. The molecule has 0 unspecified atom stereocenters. The number of anilines is 1. The first-order valence-electron chi connectivity index (χ1n) is 8.96. The summed E-state index contributed by atoms with van der Waals surface area (Å²) >= 11 is 0. The van der Waals surface area contributed by atoms with Gasteiger partial charge in [-0.3, -0.25) is 9.59 Å². The first kappa shape index (κ1) is 19.0. The Hall–Kier alpha value is -2.76. The predicted molar refractivity (Wildman–Crippen MR) is 99.3 cm³/mol. The molecule has 1 aliphatic heterocycles. The van der Waals surface area contributed by atoms with E-state index in [2.05, 4.69) is 0 Å². The maximum absolute atomic E-state index is 14.0. The molecule has 0 saturated carbocycles. The molecule has 2 aromatic rings. The second kappa shape index (κ2) is 7.86. The fraction of sp³-hybridized carbons (Fsp3) is 0.333. The molecule has 0 N–H and O–H groups in total. The van der Waals surface area contributed by atoms with Gasteiger partial charge in [0.05, 0.1) is 12.5 Å². The molecule has 27 heavy (non-hydrogen) atoms. The average Bonchev–Trinajstić information content (AvgIpc) is 3.09. The minimum Gasteiger partial charge on any atom is -0.339 e. The van der Waals surface area contributed by atoms with Gasteiger partial charge in [0.2, 0.25) is 11.8 Å². The molecule has 1 fully saturated rings. The van der Waals surface area contributed by atoms with E-state index in [0.29, 0.717) is 6.42 Å². The van der Waals surface area contributed by atoms with Crippen LogP contribution in [0.15, 0.2) is 42.5 Å². The Labute approximate surface area is 157 Å². The molecule has 0 spiro atoms. The number of nitrogens with zero attached hydrogens (tertiary/aromatic N) is 2. The minimum atomic E-state index is -0.588. The molecule has 3 rings (SSSR count). The zero-order valence-electron chi connectivity index (χ0n) is 15.4. The van der Waals surface area contributed by atoms with Crippen molar-refractivity contribution < 1.29 is 18.4 Å². The molecule has 142 valence electrons. The largest absolute Gasteiger partial charge is 0.339 e. The maximum atomic E-state index is 14.0. The highest BCUT2D eigenvalue weighted by Crippen LogP contribution is 2.25. The first-order chi connectivity index (χ1) is 12.9. The van der Waals surface area contributed by atoms with Crippen LogP contribution in [0.1, 0.15) is 36.9 Å². The molecule has 0 aromatic heterocycles. The number of benzene rings is 2. The van der Waals surface area contributed by atoms with E-state index in [1.807, 2.05) is 24.3 Å². The molecule has 2 amide bonds. The van der Waals surface area contributed by atoms with Crippen molar-refractivity contribution >= 4 is 17.5 Å². The summed E-state index contributed by atoms with van der Waals surface area (Å²) in [7, 11) is 1.58. The van der Waals surface area contributed by atoms with Gasteiger partial charge < -0.3 is 9.80 Å². The smallest absolute Gasteiger partial charge is 0.227 e. The van der Waals surface area contributed by atoms with Crippen LogP contribution < -0.4 is 4.90 Å². The summed E-state index contributed by atoms with van der Waals surface area (Å²) in [5.74, 6) is -1.16. The summed E-state index contributed by atoms with van der Waals surface area (Å²) in [6, 6.07) is 9.96. The molecule has 4 nitrogen and oxygen atoms in total. The molecule has 2 aromatic carbocycles. The van der Waals surface area contributed by atoms with Crippen molar-refractivity contribution in [3.63, 3.8) is 0 Å². The summed E-state index contributed by atoms with van der Waals surface area (Å²) in [5.41, 5.74) is 1.78. The lowest BCUT2D eigenvalue weighted by Crippen LogP contribution is -2.31. The zero-order chi connectivity index (χ0) is 19.6. The van der Waals surface area contributed by atoms with E-state index in [1.54, 1.807) is 18.9 Å². The van der Waals surface area contributed by atoms with Crippen LogP contribution in [0.4, 0.5) is 14.5 Å². The molecular formula is C21H22F2N2O2. The van der Waals surface area contributed by atoms with E-state index < -0.39 is 17.7 Å². The van der Waals surface area contributed by atoms with Gasteiger partial charge in [0, 0.05) is 31.3 Å². The summed E-state index contributed by atoms with van der Waals surface area (Å²) in [6.45, 7) is 2.38. The van der Waals surface area contributed by atoms with Crippen LogP contribution in [0.2, 0.25) is 0 Å². The normalized spacial score (nSPS) is 15.1. The molecule has 1 heterocycles. The van der Waals surface area contributed by atoms with E-state index >= 15 is 0 Å². The number of hydrogen-bond acceptors (Lipinski definition) is 2. The third kappa shape index (κ3) is 4.15. The Kier molecular flexibility index (Phi) is 5.54. The Morgan fingerprint density at radius 3 is 2.52 bits per heavy atom. The number of likely N-dealkylation sites (N-methyl/N-ethyl adjacent to an activating group) is 1. The second-order valence-corrected chi connectivity index (χ2v) is 6.84. The van der Waals surface area contributed by atoms with Crippen LogP contribution in [-0.4, -0.2) is 30.3 Å². The summed E-state index contributed by atoms with van der Waals surface area (Å²) in [5, 5.41) is 0. The lowest BCUT2D eigenvalue weighted by molar-refractivity contribution is -0.131. The number of amides is 2. The van der Waals surface area contributed by atoms with Gasteiger partial charge >= 0.3 is 0 Å². The standard InChI is InChI=1S/C21H22F2N2O2/c1-14(18-13-16(22)7-10-19(18)23)24(2)21(27)12-15-5-8-17(9-6-15)25-11-3-4-20(25)26/h5-10,13-14H,3-4,11-12H2,1-2H3/t14-/m0/s1. The third-order valence-electron chi connectivity index (χ3n) is 5.06. The molecule has 1 saturated heterocycles. The van der Waals surface area contributed by atoms with Crippen LogP contribution in [0.3, 0.4) is 0 Å². The summed E-state index contributed by atoms with van der Waals surface area (Å²) in [6.07, 6.45) is 1.57. The lowest BCUT2D eigenvalue weighted by atomic mass is 10.0. The number of halogens is 2. The van der Waals surface area contributed by atoms with E-state index in [4.69, 9.17) is 0 Å². The zero-order valence-corrected chi connectivity index (χ0v) is 15.4. The minimum absolute atomic E-state index is 0.115. The fourth-order valence-corrected chi connectivity index (χ4v) is 3.27. The first-order valence-corrected chi connectivity index (χ1v) is 8.96. The summed E-state index contributed by atoms with van der Waals surface area (Å²) < 4.78 is 27.4. The van der Waals surface area contributed by atoms with Gasteiger partial charge in [0.1, 0.15) is 11.6 Å². The quantitative estimate of drug-likeness (QED) is 0.800.